The van der Waals surface area contributed by atoms with Gasteiger partial charge in [-0.3, -0.25) is 4.79 Å². The number of hydrogen-bond acceptors (Lipinski definition) is 2. The van der Waals surface area contributed by atoms with Gasteiger partial charge in [-0.1, -0.05) is 18.2 Å². The van der Waals surface area contributed by atoms with Crippen molar-refractivity contribution in [2.45, 2.75) is 0 Å². The van der Waals surface area contributed by atoms with Crippen LogP contribution in [-0.2, 0) is 4.79 Å². The Bertz CT molecular complexity index is 454. The van der Waals surface area contributed by atoms with Crippen LogP contribution in [0.5, 0.6) is 0 Å². The van der Waals surface area contributed by atoms with Crippen LogP contribution in [0, 0.1) is 0 Å². The Morgan fingerprint density at radius 1 is 1.23 bits per heavy atom. The van der Waals surface area contributed by atoms with Crippen molar-refractivity contribution < 1.29 is 4.79 Å². The molecule has 0 aliphatic rings. The second-order valence-corrected chi connectivity index (χ2v) is 3.66. The van der Waals surface area contributed by atoms with Gasteiger partial charge in [0.15, 0.2) is 0 Å². The molecule has 1 nitrogen and oxygen atoms in total. The zero-order valence-electron chi connectivity index (χ0n) is 6.94. The van der Waals surface area contributed by atoms with Gasteiger partial charge in [-0.25, -0.2) is 0 Å². The van der Waals surface area contributed by atoms with Gasteiger partial charge in [-0.2, -0.15) is 0 Å². The molecule has 1 heterocycles. The number of hydrogen-bond donors (Lipinski definition) is 0. The molecule has 1 aromatic heterocycles. The van der Waals surface area contributed by atoms with E-state index in [9.17, 15) is 4.79 Å². The molecule has 0 bridgehead atoms. The summed E-state index contributed by atoms with van der Waals surface area (Å²) in [6.07, 6.45) is 4.11. The molecule has 0 unspecified atom stereocenters. The molecule has 2 aromatic rings. The maximum Gasteiger partial charge on any atom is 0.142 e. The first-order valence-electron chi connectivity index (χ1n) is 3.99. The monoisotopic (exact) mass is 188 g/mol. The minimum absolute atomic E-state index is 0.790. The molecular formula is C11H8OS. The molecule has 2 rings (SSSR count). The molecular weight excluding hydrogens is 180 g/mol. The van der Waals surface area contributed by atoms with Crippen molar-refractivity contribution in [3.63, 3.8) is 0 Å². The molecule has 1 aromatic carbocycles. The highest BCUT2D eigenvalue weighted by molar-refractivity contribution is 7.17. The van der Waals surface area contributed by atoms with Crippen molar-refractivity contribution in [2.75, 3.05) is 0 Å². The Balaban J connectivity index is 2.47. The van der Waals surface area contributed by atoms with Gasteiger partial charge in [0.05, 0.1) is 0 Å². The van der Waals surface area contributed by atoms with Gasteiger partial charge in [0, 0.05) is 4.70 Å². The molecule has 0 aliphatic heterocycles. The van der Waals surface area contributed by atoms with Crippen LogP contribution in [0.15, 0.2) is 35.7 Å². The lowest BCUT2D eigenvalue weighted by Gasteiger charge is -1.92. The molecule has 0 fully saturated rings. The Labute approximate surface area is 80.3 Å². The number of benzene rings is 1. The number of fused-ring (bicyclic) bond motifs is 1. The highest BCUT2D eigenvalue weighted by Crippen LogP contribution is 2.22. The largest absolute Gasteiger partial charge is 0.299 e. The number of carbonyl (C=O) groups is 1. The Hall–Kier alpha value is -1.41. The highest BCUT2D eigenvalue weighted by Gasteiger charge is 1.93. The average molecular weight is 188 g/mol. The lowest BCUT2D eigenvalue weighted by molar-refractivity contribution is -0.104. The fraction of sp³-hybridized carbons (Fsp3) is 0. The van der Waals surface area contributed by atoms with Gasteiger partial charge < -0.3 is 0 Å². The van der Waals surface area contributed by atoms with Crippen molar-refractivity contribution >= 4 is 33.8 Å². The van der Waals surface area contributed by atoms with Crippen LogP contribution in [0.2, 0.25) is 0 Å². The summed E-state index contributed by atoms with van der Waals surface area (Å²) in [6, 6.07) is 8.25. The topological polar surface area (TPSA) is 17.1 Å². The standard InChI is InChI=1S/C11H8OS/c12-6-1-2-9-3-4-10-5-7-13-11(10)8-9/h1-8H. The maximum absolute atomic E-state index is 10.1. The third kappa shape index (κ3) is 1.68. The van der Waals surface area contributed by atoms with Gasteiger partial charge >= 0.3 is 0 Å². The number of rotatable bonds is 2. The van der Waals surface area contributed by atoms with E-state index in [1.165, 1.54) is 16.2 Å². The summed E-state index contributed by atoms with van der Waals surface area (Å²) >= 11 is 1.71. The Morgan fingerprint density at radius 2 is 2.15 bits per heavy atom. The first-order chi connectivity index (χ1) is 6.40. The Kier molecular flexibility index (Phi) is 2.23. The van der Waals surface area contributed by atoms with E-state index in [-0.39, 0.29) is 0 Å². The quantitative estimate of drug-likeness (QED) is 0.522. The number of carbonyl (C=O) groups excluding carboxylic acids is 1. The van der Waals surface area contributed by atoms with Crippen molar-refractivity contribution in [1.82, 2.24) is 0 Å². The summed E-state index contributed by atoms with van der Waals surface area (Å²) in [5.41, 5.74) is 1.07. The van der Waals surface area contributed by atoms with Gasteiger partial charge in [-0.05, 0) is 34.5 Å². The van der Waals surface area contributed by atoms with E-state index in [1.54, 1.807) is 11.3 Å². The minimum atomic E-state index is 0.790. The van der Waals surface area contributed by atoms with Crippen molar-refractivity contribution in [1.29, 1.82) is 0 Å². The van der Waals surface area contributed by atoms with E-state index < -0.39 is 0 Å². The zero-order chi connectivity index (χ0) is 9.10. The van der Waals surface area contributed by atoms with E-state index >= 15 is 0 Å². The van der Waals surface area contributed by atoms with E-state index in [4.69, 9.17) is 0 Å². The van der Waals surface area contributed by atoms with Gasteiger partial charge in [0.2, 0.25) is 0 Å². The van der Waals surface area contributed by atoms with Crippen molar-refractivity contribution in [3.05, 3.63) is 41.3 Å². The third-order valence-electron chi connectivity index (χ3n) is 1.85. The molecule has 0 atom stereocenters. The van der Waals surface area contributed by atoms with E-state index in [0.717, 1.165) is 11.8 Å². The predicted octanol–water partition coefficient (Wildman–Crippen LogP) is 3.11. The van der Waals surface area contributed by atoms with Crippen LogP contribution in [0.25, 0.3) is 16.2 Å². The molecule has 0 saturated carbocycles. The molecule has 0 radical (unpaired) electrons. The normalized spacial score (nSPS) is 11.1. The molecule has 64 valence electrons. The summed E-state index contributed by atoms with van der Waals surface area (Å²) < 4.78 is 1.26. The molecule has 0 spiro atoms. The van der Waals surface area contributed by atoms with E-state index in [0.29, 0.717) is 0 Å². The van der Waals surface area contributed by atoms with Crippen molar-refractivity contribution in [3.8, 4) is 0 Å². The van der Waals surface area contributed by atoms with Crippen LogP contribution in [0.1, 0.15) is 5.56 Å². The molecule has 0 N–H and O–H groups in total. The summed E-state index contributed by atoms with van der Waals surface area (Å²) in [5.74, 6) is 0. The number of allylic oxidation sites excluding steroid dienone is 1. The summed E-state index contributed by atoms with van der Waals surface area (Å²) in [4.78, 5) is 10.1. The van der Waals surface area contributed by atoms with Gasteiger partial charge in [0.25, 0.3) is 0 Å². The third-order valence-corrected chi connectivity index (χ3v) is 2.73. The smallest absolute Gasteiger partial charge is 0.142 e. The fourth-order valence-electron chi connectivity index (χ4n) is 1.23. The maximum atomic E-state index is 10.1. The van der Waals surface area contributed by atoms with Crippen LogP contribution in [0.3, 0.4) is 0 Å². The number of aldehydes is 1. The predicted molar refractivity (Wildman–Crippen MR) is 56.9 cm³/mol. The number of thiophene rings is 1. The van der Waals surface area contributed by atoms with Gasteiger partial charge in [-0.15, -0.1) is 11.3 Å². The highest BCUT2D eigenvalue weighted by atomic mass is 32.1. The molecule has 0 saturated heterocycles. The second kappa shape index (κ2) is 3.54. The van der Waals surface area contributed by atoms with Crippen molar-refractivity contribution in [2.24, 2.45) is 0 Å². The lowest BCUT2D eigenvalue weighted by atomic mass is 10.2. The minimum Gasteiger partial charge on any atom is -0.299 e. The SMILES string of the molecule is O=CC=Cc1ccc2ccsc2c1. The fourth-order valence-corrected chi connectivity index (χ4v) is 2.06. The first-order valence-corrected chi connectivity index (χ1v) is 4.87. The van der Waals surface area contributed by atoms with Crippen LogP contribution >= 0.6 is 11.3 Å². The average Bonchev–Trinajstić information content (AvgIpc) is 2.61. The summed E-state index contributed by atoms with van der Waals surface area (Å²) in [7, 11) is 0. The molecule has 2 heteroatoms. The zero-order valence-corrected chi connectivity index (χ0v) is 7.75. The van der Waals surface area contributed by atoms with Crippen LogP contribution in [-0.4, -0.2) is 6.29 Å². The summed E-state index contributed by atoms with van der Waals surface area (Å²) in [6.45, 7) is 0. The van der Waals surface area contributed by atoms with E-state index in [2.05, 4.69) is 23.6 Å². The first kappa shape index (κ1) is 8.20. The van der Waals surface area contributed by atoms with E-state index in [1.807, 2.05) is 12.1 Å². The summed E-state index contributed by atoms with van der Waals surface area (Å²) in [5, 5.41) is 3.32. The molecule has 0 aliphatic carbocycles. The van der Waals surface area contributed by atoms with Crippen LogP contribution in [0.4, 0.5) is 0 Å². The Morgan fingerprint density at radius 3 is 3.00 bits per heavy atom. The second-order valence-electron chi connectivity index (χ2n) is 2.71. The molecule has 0 amide bonds. The van der Waals surface area contributed by atoms with Crippen LogP contribution < -0.4 is 0 Å². The van der Waals surface area contributed by atoms with Gasteiger partial charge in [0.1, 0.15) is 6.29 Å². The lowest BCUT2D eigenvalue weighted by Crippen LogP contribution is -1.70. The molecule has 13 heavy (non-hydrogen) atoms.